The van der Waals surface area contributed by atoms with Gasteiger partial charge in [-0.05, 0) is 44.0 Å². The van der Waals surface area contributed by atoms with Crippen LogP contribution in [0.5, 0.6) is 0 Å². The summed E-state index contributed by atoms with van der Waals surface area (Å²) in [5.41, 5.74) is 3.60. The lowest BCUT2D eigenvalue weighted by atomic mass is 10.1. The summed E-state index contributed by atoms with van der Waals surface area (Å²) >= 11 is 0. The molecule has 1 atom stereocenters. The fraction of sp³-hybridized carbons (Fsp3) is 0.250. The molecule has 1 aliphatic rings. The summed E-state index contributed by atoms with van der Waals surface area (Å²) in [5, 5.41) is 3.36. The van der Waals surface area contributed by atoms with Gasteiger partial charge in [0.1, 0.15) is 17.5 Å². The normalized spacial score (nSPS) is 15.9. The predicted molar refractivity (Wildman–Crippen MR) is 100 cm³/mol. The first kappa shape index (κ1) is 15.6. The van der Waals surface area contributed by atoms with E-state index in [0.717, 1.165) is 29.6 Å². The Morgan fingerprint density at radius 2 is 1.96 bits per heavy atom. The minimum Gasteiger partial charge on any atom is -0.364 e. The number of nitrogens with one attached hydrogen (secondary N) is 1. The van der Waals surface area contributed by atoms with Crippen LogP contribution in [0.1, 0.15) is 24.0 Å². The molecule has 1 unspecified atom stereocenters. The molecule has 0 bridgehead atoms. The minimum absolute atomic E-state index is 0.385. The van der Waals surface area contributed by atoms with E-state index in [1.54, 1.807) is 6.20 Å². The molecule has 1 N–H and O–H groups in total. The second-order valence-electron chi connectivity index (χ2n) is 6.39. The number of benzene rings is 1. The van der Waals surface area contributed by atoms with Crippen LogP contribution in [-0.2, 0) is 13.0 Å². The van der Waals surface area contributed by atoms with E-state index in [0.29, 0.717) is 12.6 Å². The highest BCUT2D eigenvalue weighted by Crippen LogP contribution is 2.37. The van der Waals surface area contributed by atoms with Gasteiger partial charge in [-0.25, -0.2) is 9.97 Å². The van der Waals surface area contributed by atoms with Crippen molar-refractivity contribution in [1.82, 2.24) is 15.0 Å². The van der Waals surface area contributed by atoms with Gasteiger partial charge in [-0.1, -0.05) is 24.3 Å². The number of hydrogen-bond donors (Lipinski definition) is 1. The molecular weight excluding hydrogens is 310 g/mol. The maximum Gasteiger partial charge on any atom is 0.139 e. The molecule has 3 aromatic rings. The van der Waals surface area contributed by atoms with E-state index >= 15 is 0 Å². The molecule has 126 valence electrons. The average molecular weight is 331 g/mol. The zero-order valence-electron chi connectivity index (χ0n) is 14.5. The molecule has 3 heterocycles. The van der Waals surface area contributed by atoms with E-state index in [4.69, 9.17) is 0 Å². The van der Waals surface area contributed by atoms with Crippen LogP contribution in [0.15, 0.2) is 54.7 Å². The molecule has 4 rings (SSSR count). The highest BCUT2D eigenvalue weighted by Gasteiger charge is 2.28. The van der Waals surface area contributed by atoms with E-state index < -0.39 is 0 Å². The highest BCUT2D eigenvalue weighted by molar-refractivity contribution is 5.70. The number of para-hydroxylation sites is 1. The van der Waals surface area contributed by atoms with Gasteiger partial charge in [0.05, 0.1) is 12.2 Å². The number of fused-ring (bicyclic) bond motifs is 1. The Kier molecular flexibility index (Phi) is 4.06. The lowest BCUT2D eigenvalue weighted by molar-refractivity contribution is 0.747. The standard InChI is InChI=1S/C20H21N5/c1-14-11-16-7-3-4-9-18(16)25(14)20-12-19(23-15(2)24-20)22-13-17-8-5-6-10-21-17/h3-10,12,14H,11,13H2,1-2H3,(H,22,23,24). The lowest BCUT2D eigenvalue weighted by Gasteiger charge is -2.24. The van der Waals surface area contributed by atoms with Gasteiger partial charge < -0.3 is 10.2 Å². The van der Waals surface area contributed by atoms with Crippen LogP contribution < -0.4 is 10.2 Å². The van der Waals surface area contributed by atoms with E-state index in [2.05, 4.69) is 56.4 Å². The van der Waals surface area contributed by atoms with Crippen molar-refractivity contribution in [1.29, 1.82) is 0 Å². The maximum absolute atomic E-state index is 4.68. The first-order valence-corrected chi connectivity index (χ1v) is 8.57. The molecule has 5 heteroatoms. The van der Waals surface area contributed by atoms with Crippen LogP contribution in [0.2, 0.25) is 0 Å². The molecule has 0 amide bonds. The van der Waals surface area contributed by atoms with Crippen LogP contribution in [0.3, 0.4) is 0 Å². The molecular formula is C20H21N5. The van der Waals surface area contributed by atoms with Crippen LogP contribution in [-0.4, -0.2) is 21.0 Å². The van der Waals surface area contributed by atoms with Crippen molar-refractivity contribution in [3.05, 3.63) is 71.8 Å². The zero-order chi connectivity index (χ0) is 17.2. The topological polar surface area (TPSA) is 53.9 Å². The number of nitrogens with zero attached hydrogens (tertiary/aromatic N) is 4. The Balaban J connectivity index is 1.62. The number of hydrogen-bond acceptors (Lipinski definition) is 5. The van der Waals surface area contributed by atoms with Gasteiger partial charge in [0.15, 0.2) is 0 Å². The Morgan fingerprint density at radius 1 is 1.12 bits per heavy atom. The van der Waals surface area contributed by atoms with E-state index in [1.165, 1.54) is 11.3 Å². The molecule has 0 radical (unpaired) electrons. The first-order chi connectivity index (χ1) is 12.2. The smallest absolute Gasteiger partial charge is 0.139 e. The molecule has 0 spiro atoms. The number of aryl methyl sites for hydroxylation is 1. The van der Waals surface area contributed by atoms with E-state index in [9.17, 15) is 0 Å². The molecule has 0 fully saturated rings. The van der Waals surface area contributed by atoms with Gasteiger partial charge in [-0.2, -0.15) is 0 Å². The van der Waals surface area contributed by atoms with Gasteiger partial charge in [-0.3, -0.25) is 4.98 Å². The number of rotatable bonds is 4. The minimum atomic E-state index is 0.385. The van der Waals surface area contributed by atoms with Crippen molar-refractivity contribution in [3.63, 3.8) is 0 Å². The maximum atomic E-state index is 4.68. The average Bonchev–Trinajstić information content (AvgIpc) is 2.96. The quantitative estimate of drug-likeness (QED) is 0.786. The summed E-state index contributed by atoms with van der Waals surface area (Å²) in [6, 6.07) is 16.9. The Bertz CT molecular complexity index is 878. The van der Waals surface area contributed by atoms with Gasteiger partial charge in [-0.15, -0.1) is 0 Å². The fourth-order valence-electron chi connectivity index (χ4n) is 3.36. The molecule has 1 aromatic carbocycles. The van der Waals surface area contributed by atoms with Crippen molar-refractivity contribution < 1.29 is 0 Å². The summed E-state index contributed by atoms with van der Waals surface area (Å²) in [6.07, 6.45) is 2.84. The fourth-order valence-corrected chi connectivity index (χ4v) is 3.36. The zero-order valence-corrected chi connectivity index (χ0v) is 14.5. The number of anilines is 3. The van der Waals surface area contributed by atoms with Gasteiger partial charge in [0.2, 0.25) is 0 Å². The molecule has 2 aromatic heterocycles. The van der Waals surface area contributed by atoms with Gasteiger partial charge >= 0.3 is 0 Å². The lowest BCUT2D eigenvalue weighted by Crippen LogP contribution is -2.25. The molecule has 0 saturated carbocycles. The number of aromatic nitrogens is 3. The van der Waals surface area contributed by atoms with Crippen molar-refractivity contribution in [2.75, 3.05) is 10.2 Å². The largest absolute Gasteiger partial charge is 0.364 e. The molecule has 5 nitrogen and oxygen atoms in total. The van der Waals surface area contributed by atoms with Crippen molar-refractivity contribution in [2.45, 2.75) is 32.9 Å². The Morgan fingerprint density at radius 3 is 2.80 bits per heavy atom. The van der Waals surface area contributed by atoms with Crippen LogP contribution in [0.4, 0.5) is 17.3 Å². The summed E-state index contributed by atoms with van der Waals surface area (Å²) in [6.45, 7) is 4.81. The predicted octanol–water partition coefficient (Wildman–Crippen LogP) is 3.87. The summed E-state index contributed by atoms with van der Waals surface area (Å²) in [5.74, 6) is 2.52. The summed E-state index contributed by atoms with van der Waals surface area (Å²) < 4.78 is 0. The molecule has 0 saturated heterocycles. The van der Waals surface area contributed by atoms with Crippen molar-refractivity contribution >= 4 is 17.3 Å². The van der Waals surface area contributed by atoms with Crippen molar-refractivity contribution in [3.8, 4) is 0 Å². The van der Waals surface area contributed by atoms with Gasteiger partial charge in [0, 0.05) is 24.0 Å². The van der Waals surface area contributed by atoms with Crippen LogP contribution >= 0.6 is 0 Å². The second-order valence-corrected chi connectivity index (χ2v) is 6.39. The van der Waals surface area contributed by atoms with Crippen LogP contribution in [0, 0.1) is 6.92 Å². The SMILES string of the molecule is Cc1nc(NCc2ccccn2)cc(N2c3ccccc3CC2C)n1. The second kappa shape index (κ2) is 6.51. The summed E-state index contributed by atoms with van der Waals surface area (Å²) in [7, 11) is 0. The third-order valence-corrected chi connectivity index (χ3v) is 4.46. The molecule has 1 aliphatic heterocycles. The third-order valence-electron chi connectivity index (χ3n) is 4.46. The number of pyridine rings is 1. The monoisotopic (exact) mass is 331 g/mol. The van der Waals surface area contributed by atoms with Gasteiger partial charge in [0.25, 0.3) is 0 Å². The first-order valence-electron chi connectivity index (χ1n) is 8.57. The van der Waals surface area contributed by atoms with E-state index in [-0.39, 0.29) is 0 Å². The van der Waals surface area contributed by atoms with E-state index in [1.807, 2.05) is 31.2 Å². The Labute approximate surface area is 147 Å². The molecule has 25 heavy (non-hydrogen) atoms. The highest BCUT2D eigenvalue weighted by atomic mass is 15.2. The van der Waals surface area contributed by atoms with Crippen LogP contribution in [0.25, 0.3) is 0 Å². The third kappa shape index (κ3) is 3.18. The van der Waals surface area contributed by atoms with Crippen molar-refractivity contribution in [2.24, 2.45) is 0 Å². The summed E-state index contributed by atoms with van der Waals surface area (Å²) in [4.78, 5) is 15.8. The Hall–Kier alpha value is -2.95. The molecule has 0 aliphatic carbocycles.